The van der Waals surface area contributed by atoms with Gasteiger partial charge in [-0.25, -0.2) is 0 Å². The summed E-state index contributed by atoms with van der Waals surface area (Å²) in [4.78, 5) is 12.1. The molecule has 28 heavy (non-hydrogen) atoms. The molecule has 0 heterocycles. The Hall–Kier alpha value is -1.28. The van der Waals surface area contributed by atoms with Gasteiger partial charge in [0.1, 0.15) is 4.75 Å². The van der Waals surface area contributed by atoms with Gasteiger partial charge in [0.25, 0.3) is 0 Å². The molecule has 0 aromatic heterocycles. The summed E-state index contributed by atoms with van der Waals surface area (Å²) in [7, 11) is 2.10. The Bertz CT molecular complexity index is 672. The third-order valence-corrected chi connectivity index (χ3v) is 8.79. The zero-order valence-electron chi connectivity index (χ0n) is 16.8. The van der Waals surface area contributed by atoms with Crippen LogP contribution in [0.25, 0.3) is 0 Å². The third kappa shape index (κ3) is 7.99. The Balaban J connectivity index is 2.43. The number of rotatable bonds is 12. The molecule has 0 spiro atoms. The summed E-state index contributed by atoms with van der Waals surface area (Å²) in [6, 6.07) is 12.5. The molecule has 0 saturated heterocycles. The minimum absolute atomic E-state index is 0.0905. The summed E-state index contributed by atoms with van der Waals surface area (Å²) < 4.78 is 16.0. The Kier molecular flexibility index (Phi) is 10.9. The lowest BCUT2D eigenvalue weighted by Gasteiger charge is -2.24. The van der Waals surface area contributed by atoms with E-state index in [9.17, 15) is 10.1 Å². The van der Waals surface area contributed by atoms with Gasteiger partial charge in [-0.05, 0) is 25.3 Å². The highest BCUT2D eigenvalue weighted by molar-refractivity contribution is 8.24. The zero-order chi connectivity index (χ0) is 21.0. The van der Waals surface area contributed by atoms with Crippen molar-refractivity contribution in [3.05, 3.63) is 35.9 Å². The van der Waals surface area contributed by atoms with Crippen LogP contribution in [-0.4, -0.2) is 51.5 Å². The Labute approximate surface area is 178 Å². The van der Waals surface area contributed by atoms with Crippen molar-refractivity contribution in [2.45, 2.75) is 37.0 Å². The van der Waals surface area contributed by atoms with Crippen molar-refractivity contribution in [3.63, 3.8) is 0 Å². The molecular weight excluding hydrogens is 412 g/mol. The molecule has 0 radical (unpaired) electrons. The summed E-state index contributed by atoms with van der Waals surface area (Å²) in [5.74, 6) is -0.0905. The predicted octanol–water partition coefficient (Wildman–Crippen LogP) is 3.54. The molecule has 1 aromatic carbocycles. The average molecular weight is 441 g/mol. The van der Waals surface area contributed by atoms with E-state index in [0.717, 1.165) is 5.56 Å². The van der Waals surface area contributed by atoms with Crippen LogP contribution < -0.4 is 5.32 Å². The van der Waals surface area contributed by atoms with E-state index >= 15 is 0 Å². The van der Waals surface area contributed by atoms with E-state index in [4.69, 9.17) is 25.5 Å². The highest BCUT2D eigenvalue weighted by atomic mass is 32.2. The van der Waals surface area contributed by atoms with Crippen LogP contribution in [0.4, 0.5) is 0 Å². The molecule has 1 rings (SSSR count). The highest BCUT2D eigenvalue weighted by Gasteiger charge is 2.36. The monoisotopic (exact) mass is 440 g/mol. The molecule has 1 N–H and O–H groups in total. The Morgan fingerprint density at radius 3 is 2.39 bits per heavy atom. The van der Waals surface area contributed by atoms with E-state index in [1.807, 2.05) is 37.3 Å². The molecule has 0 fully saturated rings. The number of nitrogens with one attached hydrogen (secondary N) is 1. The molecule has 1 aromatic rings. The number of benzene rings is 1. The quantitative estimate of drug-likeness (QED) is 0.302. The highest BCUT2D eigenvalue weighted by Crippen LogP contribution is 2.33. The molecule has 0 saturated carbocycles. The fourth-order valence-corrected chi connectivity index (χ4v) is 5.82. The number of hydrogen-bond donors (Lipinski definition) is 1. The lowest BCUT2D eigenvalue weighted by Crippen LogP contribution is -2.43. The molecule has 154 valence electrons. The van der Waals surface area contributed by atoms with Crippen molar-refractivity contribution in [1.29, 1.82) is 5.26 Å². The van der Waals surface area contributed by atoms with Gasteiger partial charge in [0.2, 0.25) is 5.91 Å². The van der Waals surface area contributed by atoms with Gasteiger partial charge in [0.05, 0.1) is 10.3 Å². The second-order valence-electron chi connectivity index (χ2n) is 6.35. The van der Waals surface area contributed by atoms with Crippen LogP contribution in [0, 0.1) is 11.3 Å². The first-order valence-corrected chi connectivity index (χ1v) is 12.1. The standard InChI is InChI=1S/C19H28N2O4S2Si/c1-19(15-20,27-18(26)16-9-6-5-7-10-16)12-11-17(22)21-13-8-14-28(23-2,24-3)25-4/h5-7,9-10H,8,11-14H2,1-4H3,(H,21,22). The minimum atomic E-state index is -2.61. The first kappa shape index (κ1) is 24.8. The maximum atomic E-state index is 12.1. The SMILES string of the molecule is CO[Si](CCCNC(=O)CCC(C)(C#N)SC(=S)c1ccccc1)(OC)OC. The van der Waals surface area contributed by atoms with Crippen LogP contribution in [0.1, 0.15) is 31.7 Å². The lowest BCUT2D eigenvalue weighted by molar-refractivity contribution is -0.121. The maximum absolute atomic E-state index is 12.1. The molecule has 6 nitrogen and oxygen atoms in total. The number of hydrogen-bond acceptors (Lipinski definition) is 7. The summed E-state index contributed by atoms with van der Waals surface area (Å²) >= 11 is 6.78. The van der Waals surface area contributed by atoms with Crippen molar-refractivity contribution in [2.24, 2.45) is 0 Å². The van der Waals surface area contributed by atoms with Crippen LogP contribution >= 0.6 is 24.0 Å². The number of nitrogens with zero attached hydrogens (tertiary/aromatic N) is 1. The minimum Gasteiger partial charge on any atom is -0.377 e. The van der Waals surface area contributed by atoms with Gasteiger partial charge in [-0.1, -0.05) is 54.3 Å². The molecule has 0 aliphatic rings. The van der Waals surface area contributed by atoms with Gasteiger partial charge in [-0.3, -0.25) is 4.79 Å². The van der Waals surface area contributed by atoms with Crippen molar-refractivity contribution in [1.82, 2.24) is 5.32 Å². The van der Waals surface area contributed by atoms with E-state index in [2.05, 4.69) is 11.4 Å². The number of amides is 1. The number of nitriles is 1. The van der Waals surface area contributed by atoms with Crippen molar-refractivity contribution < 1.29 is 18.1 Å². The van der Waals surface area contributed by atoms with Gasteiger partial charge in [0.15, 0.2) is 0 Å². The maximum Gasteiger partial charge on any atom is 0.500 e. The fourth-order valence-electron chi connectivity index (χ4n) is 2.50. The van der Waals surface area contributed by atoms with E-state index in [1.165, 1.54) is 11.8 Å². The lowest BCUT2D eigenvalue weighted by atomic mass is 10.1. The van der Waals surface area contributed by atoms with Crippen molar-refractivity contribution >= 4 is 42.9 Å². The topological polar surface area (TPSA) is 80.6 Å². The summed E-state index contributed by atoms with van der Waals surface area (Å²) in [6.45, 7) is 2.32. The Morgan fingerprint density at radius 2 is 1.86 bits per heavy atom. The third-order valence-electron chi connectivity index (χ3n) is 4.31. The molecule has 1 amide bonds. The van der Waals surface area contributed by atoms with Crippen LogP contribution in [0.15, 0.2) is 30.3 Å². The smallest absolute Gasteiger partial charge is 0.377 e. The summed E-state index contributed by atoms with van der Waals surface area (Å²) in [6.07, 6.45) is 1.37. The summed E-state index contributed by atoms with van der Waals surface area (Å²) in [5.41, 5.74) is 0.913. The Morgan fingerprint density at radius 1 is 1.25 bits per heavy atom. The molecule has 1 atom stereocenters. The molecule has 9 heteroatoms. The summed E-state index contributed by atoms with van der Waals surface area (Å²) in [5, 5.41) is 12.5. The molecule has 1 unspecified atom stereocenters. The fraction of sp³-hybridized carbons (Fsp3) is 0.526. The number of thiocarbonyl (C=S) groups is 1. The number of carbonyl (C=O) groups is 1. The second-order valence-corrected chi connectivity index (χ2v) is 11.6. The first-order chi connectivity index (χ1) is 13.3. The van der Waals surface area contributed by atoms with Crippen LogP contribution in [0.2, 0.25) is 6.04 Å². The number of carbonyl (C=O) groups excluding carboxylic acids is 1. The van der Waals surface area contributed by atoms with E-state index in [0.29, 0.717) is 29.6 Å². The van der Waals surface area contributed by atoms with Gasteiger partial charge in [-0.15, -0.1) is 0 Å². The first-order valence-electron chi connectivity index (χ1n) is 8.95. The average Bonchev–Trinajstić information content (AvgIpc) is 2.73. The van der Waals surface area contributed by atoms with Gasteiger partial charge < -0.3 is 18.6 Å². The molecular formula is C19H28N2O4S2Si. The normalized spacial score (nSPS) is 13.4. The largest absolute Gasteiger partial charge is 0.500 e. The predicted molar refractivity (Wildman–Crippen MR) is 118 cm³/mol. The van der Waals surface area contributed by atoms with E-state index in [-0.39, 0.29) is 12.3 Å². The van der Waals surface area contributed by atoms with Crippen LogP contribution in [-0.2, 0) is 18.1 Å². The second kappa shape index (κ2) is 12.3. The number of thioether (sulfide) groups is 1. The van der Waals surface area contributed by atoms with Gasteiger partial charge in [-0.2, -0.15) is 5.26 Å². The zero-order valence-corrected chi connectivity index (χ0v) is 19.5. The van der Waals surface area contributed by atoms with Crippen molar-refractivity contribution in [3.8, 4) is 6.07 Å². The van der Waals surface area contributed by atoms with Gasteiger partial charge in [0, 0.05) is 40.3 Å². The molecule has 0 aliphatic carbocycles. The van der Waals surface area contributed by atoms with E-state index < -0.39 is 13.6 Å². The molecule has 0 aliphatic heterocycles. The van der Waals surface area contributed by atoms with Gasteiger partial charge >= 0.3 is 8.80 Å². The van der Waals surface area contributed by atoms with Crippen molar-refractivity contribution in [2.75, 3.05) is 27.9 Å². The van der Waals surface area contributed by atoms with Crippen LogP contribution in [0.5, 0.6) is 0 Å². The van der Waals surface area contributed by atoms with Crippen LogP contribution in [0.3, 0.4) is 0 Å². The molecule has 0 bridgehead atoms. The van der Waals surface area contributed by atoms with E-state index in [1.54, 1.807) is 21.3 Å².